The highest BCUT2D eigenvalue weighted by atomic mass is 16.4. The van der Waals surface area contributed by atoms with Gasteiger partial charge in [-0.05, 0) is 18.8 Å². The van der Waals surface area contributed by atoms with E-state index >= 15 is 0 Å². The molecule has 0 radical (unpaired) electrons. The summed E-state index contributed by atoms with van der Waals surface area (Å²) in [6, 6.07) is -0.759. The molecule has 2 atom stereocenters. The lowest BCUT2D eigenvalue weighted by Crippen LogP contribution is -2.44. The third-order valence-electron chi connectivity index (χ3n) is 2.76. The Labute approximate surface area is 97.4 Å². The Bertz CT molecular complexity index is 238. The Hall–Kier alpha value is -1.06. The molecule has 0 fully saturated rings. The monoisotopic (exact) mass is 229 g/mol. The number of nitrogens with one attached hydrogen (secondary N) is 1. The van der Waals surface area contributed by atoms with Crippen molar-refractivity contribution in [2.75, 3.05) is 0 Å². The summed E-state index contributed by atoms with van der Waals surface area (Å²) < 4.78 is 0. The van der Waals surface area contributed by atoms with Gasteiger partial charge < -0.3 is 10.4 Å². The van der Waals surface area contributed by atoms with Crippen molar-refractivity contribution in [2.24, 2.45) is 11.8 Å². The van der Waals surface area contributed by atoms with Crippen LogP contribution in [-0.4, -0.2) is 23.0 Å². The molecule has 2 unspecified atom stereocenters. The predicted octanol–water partition coefficient (Wildman–Crippen LogP) is 2.04. The summed E-state index contributed by atoms with van der Waals surface area (Å²) in [6.07, 6.45) is 2.15. The number of carboxylic acid groups (broad SMARTS) is 1. The molecular weight excluding hydrogens is 206 g/mol. The van der Waals surface area contributed by atoms with Gasteiger partial charge in [-0.3, -0.25) is 4.79 Å². The van der Waals surface area contributed by atoms with Crippen LogP contribution >= 0.6 is 0 Å². The highest BCUT2D eigenvalue weighted by Crippen LogP contribution is 2.17. The summed E-state index contributed by atoms with van der Waals surface area (Å²) in [5.41, 5.74) is 0. The average Bonchev–Trinajstić information content (AvgIpc) is 2.21. The number of carboxylic acids is 1. The normalized spacial score (nSPS) is 14.6. The lowest BCUT2D eigenvalue weighted by atomic mass is 9.90. The van der Waals surface area contributed by atoms with Crippen molar-refractivity contribution in [3.63, 3.8) is 0 Å². The average molecular weight is 229 g/mol. The van der Waals surface area contributed by atoms with E-state index in [-0.39, 0.29) is 17.7 Å². The molecule has 16 heavy (non-hydrogen) atoms. The largest absolute Gasteiger partial charge is 0.480 e. The summed E-state index contributed by atoms with van der Waals surface area (Å²) in [4.78, 5) is 22.7. The minimum absolute atomic E-state index is 0.0848. The van der Waals surface area contributed by atoms with Crippen LogP contribution < -0.4 is 5.32 Å². The molecule has 0 aliphatic carbocycles. The van der Waals surface area contributed by atoms with Gasteiger partial charge in [0, 0.05) is 5.92 Å². The zero-order valence-electron chi connectivity index (χ0n) is 10.6. The molecule has 0 heterocycles. The maximum atomic E-state index is 11.9. The molecule has 0 aliphatic heterocycles. The second-order valence-corrected chi connectivity index (χ2v) is 4.45. The summed E-state index contributed by atoms with van der Waals surface area (Å²) in [7, 11) is 0. The maximum absolute atomic E-state index is 11.9. The number of rotatable bonds is 7. The van der Waals surface area contributed by atoms with Crippen LogP contribution in [0.25, 0.3) is 0 Å². The highest BCUT2D eigenvalue weighted by Gasteiger charge is 2.25. The topological polar surface area (TPSA) is 66.4 Å². The van der Waals surface area contributed by atoms with Gasteiger partial charge in [0.05, 0.1) is 0 Å². The van der Waals surface area contributed by atoms with Crippen molar-refractivity contribution < 1.29 is 14.7 Å². The molecule has 0 aromatic heterocycles. The molecule has 0 rings (SSSR count). The van der Waals surface area contributed by atoms with E-state index in [4.69, 9.17) is 5.11 Å². The first-order chi connectivity index (χ1) is 7.43. The van der Waals surface area contributed by atoms with Gasteiger partial charge in [-0.2, -0.15) is 0 Å². The van der Waals surface area contributed by atoms with Gasteiger partial charge in [0.15, 0.2) is 0 Å². The van der Waals surface area contributed by atoms with Gasteiger partial charge in [-0.15, -0.1) is 0 Å². The smallest absolute Gasteiger partial charge is 0.326 e. The zero-order valence-corrected chi connectivity index (χ0v) is 10.6. The molecule has 0 saturated carbocycles. The number of carbonyl (C=O) groups is 2. The van der Waals surface area contributed by atoms with E-state index in [1.807, 2.05) is 20.8 Å². The van der Waals surface area contributed by atoms with Crippen LogP contribution in [0.3, 0.4) is 0 Å². The van der Waals surface area contributed by atoms with E-state index in [9.17, 15) is 9.59 Å². The molecule has 0 aromatic rings. The second kappa shape index (κ2) is 7.25. The lowest BCUT2D eigenvalue weighted by Gasteiger charge is -2.22. The van der Waals surface area contributed by atoms with Crippen molar-refractivity contribution >= 4 is 11.9 Å². The van der Waals surface area contributed by atoms with Crippen molar-refractivity contribution in [3.05, 3.63) is 0 Å². The number of amides is 1. The summed E-state index contributed by atoms with van der Waals surface area (Å²) in [5, 5.41) is 11.5. The zero-order chi connectivity index (χ0) is 12.7. The fraction of sp³-hybridized carbons (Fsp3) is 0.833. The van der Waals surface area contributed by atoms with Crippen LogP contribution in [0.1, 0.15) is 47.0 Å². The number of aliphatic carboxylic acids is 1. The highest BCUT2D eigenvalue weighted by molar-refractivity contribution is 5.85. The molecule has 0 bridgehead atoms. The fourth-order valence-corrected chi connectivity index (χ4v) is 1.70. The van der Waals surface area contributed by atoms with Crippen molar-refractivity contribution in [1.82, 2.24) is 5.32 Å². The number of hydrogen-bond donors (Lipinski definition) is 2. The van der Waals surface area contributed by atoms with Gasteiger partial charge in [0.2, 0.25) is 5.91 Å². The van der Waals surface area contributed by atoms with Gasteiger partial charge in [-0.25, -0.2) is 4.79 Å². The van der Waals surface area contributed by atoms with Gasteiger partial charge in [0.1, 0.15) is 6.04 Å². The molecule has 4 nitrogen and oxygen atoms in total. The molecule has 0 spiro atoms. The van der Waals surface area contributed by atoms with Crippen LogP contribution in [0.2, 0.25) is 0 Å². The molecule has 0 aromatic carbocycles. The van der Waals surface area contributed by atoms with Crippen molar-refractivity contribution in [3.8, 4) is 0 Å². The number of hydrogen-bond acceptors (Lipinski definition) is 2. The third kappa shape index (κ3) is 4.64. The Morgan fingerprint density at radius 2 is 1.81 bits per heavy atom. The van der Waals surface area contributed by atoms with E-state index in [1.54, 1.807) is 6.92 Å². The minimum Gasteiger partial charge on any atom is -0.480 e. The number of carbonyl (C=O) groups excluding carboxylic acids is 1. The first-order valence-electron chi connectivity index (χ1n) is 5.97. The molecule has 4 heteroatoms. The van der Waals surface area contributed by atoms with E-state index in [2.05, 4.69) is 5.32 Å². The van der Waals surface area contributed by atoms with Crippen LogP contribution in [0.4, 0.5) is 0 Å². The molecule has 0 aliphatic rings. The van der Waals surface area contributed by atoms with Gasteiger partial charge in [-0.1, -0.05) is 34.1 Å². The van der Waals surface area contributed by atoms with E-state index in [1.165, 1.54) is 0 Å². The van der Waals surface area contributed by atoms with Gasteiger partial charge >= 0.3 is 5.97 Å². The van der Waals surface area contributed by atoms with E-state index < -0.39 is 12.0 Å². The molecule has 0 saturated heterocycles. The quantitative estimate of drug-likeness (QED) is 0.702. The standard InChI is InChI=1S/C12H23NO3/c1-5-7-9(8(3)4)11(14)13-10(6-2)12(15)16/h8-10H,5-7H2,1-4H3,(H,13,14)(H,15,16). The van der Waals surface area contributed by atoms with Crippen LogP contribution in [0.5, 0.6) is 0 Å². The van der Waals surface area contributed by atoms with E-state index in [0.717, 1.165) is 12.8 Å². The Balaban J connectivity index is 4.44. The summed E-state index contributed by atoms with van der Waals surface area (Å²) >= 11 is 0. The Morgan fingerprint density at radius 1 is 1.25 bits per heavy atom. The van der Waals surface area contributed by atoms with Crippen LogP contribution in [0, 0.1) is 11.8 Å². The third-order valence-corrected chi connectivity index (χ3v) is 2.76. The van der Waals surface area contributed by atoms with Gasteiger partial charge in [0.25, 0.3) is 0 Å². The lowest BCUT2D eigenvalue weighted by molar-refractivity contribution is -0.142. The first-order valence-corrected chi connectivity index (χ1v) is 5.97. The Morgan fingerprint density at radius 3 is 2.12 bits per heavy atom. The minimum atomic E-state index is -0.963. The maximum Gasteiger partial charge on any atom is 0.326 e. The first kappa shape index (κ1) is 14.9. The van der Waals surface area contributed by atoms with Crippen LogP contribution in [0.15, 0.2) is 0 Å². The Kier molecular flexibility index (Phi) is 6.77. The molecular formula is C12H23NO3. The SMILES string of the molecule is CCCC(C(=O)NC(CC)C(=O)O)C(C)C. The summed E-state index contributed by atoms with van der Waals surface area (Å²) in [6.45, 7) is 7.75. The van der Waals surface area contributed by atoms with Crippen molar-refractivity contribution in [2.45, 2.75) is 53.0 Å². The summed E-state index contributed by atoms with van der Waals surface area (Å²) in [5.74, 6) is -0.939. The fourth-order valence-electron chi connectivity index (χ4n) is 1.70. The molecule has 1 amide bonds. The predicted molar refractivity (Wildman–Crippen MR) is 63.1 cm³/mol. The van der Waals surface area contributed by atoms with E-state index in [0.29, 0.717) is 6.42 Å². The second-order valence-electron chi connectivity index (χ2n) is 4.45. The van der Waals surface area contributed by atoms with Crippen LogP contribution in [-0.2, 0) is 9.59 Å². The molecule has 2 N–H and O–H groups in total. The van der Waals surface area contributed by atoms with Crippen molar-refractivity contribution in [1.29, 1.82) is 0 Å². The molecule has 94 valence electrons.